The molecule has 0 spiro atoms. The summed E-state index contributed by atoms with van der Waals surface area (Å²) < 4.78 is 14.1. The largest absolute Gasteiger partial charge is 0.490 e. The maximum atomic E-state index is 6.13. The molecule has 0 unspecified atom stereocenters. The lowest BCUT2D eigenvalue weighted by Crippen LogP contribution is -2.36. The SMILES string of the molecule is Cn1cncc1[C@@H]1C[C@H](NCc2cccc(OC3CCCC3)c2)CCO1. The predicted octanol–water partition coefficient (Wildman–Crippen LogP) is 3.75. The summed E-state index contributed by atoms with van der Waals surface area (Å²) in [6.45, 7) is 1.66. The molecule has 5 nitrogen and oxygen atoms in total. The van der Waals surface area contributed by atoms with E-state index < -0.39 is 0 Å². The van der Waals surface area contributed by atoms with Gasteiger partial charge in [0, 0.05) is 26.2 Å². The highest BCUT2D eigenvalue weighted by atomic mass is 16.5. The molecule has 1 N–H and O–H groups in total. The summed E-state index contributed by atoms with van der Waals surface area (Å²) >= 11 is 0. The second-order valence-corrected chi connectivity index (χ2v) is 7.56. The molecule has 4 rings (SSSR count). The van der Waals surface area contributed by atoms with Crippen molar-refractivity contribution in [1.29, 1.82) is 0 Å². The predicted molar refractivity (Wildman–Crippen MR) is 101 cm³/mol. The smallest absolute Gasteiger partial charge is 0.120 e. The summed E-state index contributed by atoms with van der Waals surface area (Å²) in [5.41, 5.74) is 2.44. The van der Waals surface area contributed by atoms with Gasteiger partial charge in [0.25, 0.3) is 0 Å². The van der Waals surface area contributed by atoms with E-state index in [0.717, 1.165) is 37.4 Å². The van der Waals surface area contributed by atoms with Gasteiger partial charge < -0.3 is 19.4 Å². The normalized spacial score (nSPS) is 24.0. The Kier molecular flexibility index (Phi) is 5.56. The minimum atomic E-state index is 0.130. The third kappa shape index (κ3) is 4.27. The molecule has 1 aromatic heterocycles. The number of nitrogens with one attached hydrogen (secondary N) is 1. The second-order valence-electron chi connectivity index (χ2n) is 7.56. The molecular weight excluding hydrogens is 326 g/mol. The highest BCUT2D eigenvalue weighted by Crippen LogP contribution is 2.28. The zero-order valence-corrected chi connectivity index (χ0v) is 15.6. The zero-order valence-electron chi connectivity index (χ0n) is 15.6. The van der Waals surface area contributed by atoms with Gasteiger partial charge in [-0.25, -0.2) is 4.98 Å². The topological polar surface area (TPSA) is 48.3 Å². The van der Waals surface area contributed by atoms with E-state index in [-0.39, 0.29) is 6.10 Å². The Balaban J connectivity index is 1.31. The zero-order chi connectivity index (χ0) is 17.8. The Morgan fingerprint density at radius 1 is 1.27 bits per heavy atom. The van der Waals surface area contributed by atoms with Gasteiger partial charge in [-0.05, 0) is 56.2 Å². The summed E-state index contributed by atoms with van der Waals surface area (Å²) in [5.74, 6) is 1.01. The molecule has 2 heterocycles. The van der Waals surface area contributed by atoms with Gasteiger partial charge in [-0.2, -0.15) is 0 Å². The van der Waals surface area contributed by atoms with Crippen molar-refractivity contribution in [2.24, 2.45) is 7.05 Å². The number of nitrogens with zero attached hydrogens (tertiary/aromatic N) is 2. The van der Waals surface area contributed by atoms with Crippen LogP contribution in [-0.2, 0) is 18.3 Å². The second kappa shape index (κ2) is 8.23. The Bertz CT molecular complexity index is 709. The minimum absolute atomic E-state index is 0.130. The lowest BCUT2D eigenvalue weighted by molar-refractivity contribution is -0.00404. The number of rotatable bonds is 6. The molecular formula is C21H29N3O2. The fraction of sp³-hybridized carbons (Fsp3) is 0.571. The van der Waals surface area contributed by atoms with E-state index in [2.05, 4.69) is 39.1 Å². The summed E-state index contributed by atoms with van der Waals surface area (Å²) in [6.07, 6.45) is 11.3. The lowest BCUT2D eigenvalue weighted by Gasteiger charge is -2.30. The Hall–Kier alpha value is -1.85. The number of hydrogen-bond acceptors (Lipinski definition) is 4. The molecule has 140 valence electrons. The monoisotopic (exact) mass is 355 g/mol. The number of benzene rings is 1. The first-order valence-electron chi connectivity index (χ1n) is 9.85. The molecule has 2 fully saturated rings. The van der Waals surface area contributed by atoms with Crippen LogP contribution in [0.15, 0.2) is 36.8 Å². The maximum Gasteiger partial charge on any atom is 0.120 e. The quantitative estimate of drug-likeness (QED) is 0.857. The Labute approximate surface area is 155 Å². The fourth-order valence-electron chi connectivity index (χ4n) is 4.06. The molecule has 1 saturated heterocycles. The van der Waals surface area contributed by atoms with E-state index in [1.807, 2.05) is 19.6 Å². The highest BCUT2D eigenvalue weighted by molar-refractivity contribution is 5.28. The van der Waals surface area contributed by atoms with Crippen LogP contribution in [0.4, 0.5) is 0 Å². The molecule has 2 aliphatic rings. The number of ether oxygens (including phenoxy) is 2. The van der Waals surface area contributed by atoms with Gasteiger partial charge in [0.2, 0.25) is 0 Å². The molecule has 2 aromatic rings. The first-order valence-corrected chi connectivity index (χ1v) is 9.85. The lowest BCUT2D eigenvalue weighted by atomic mass is 10.0. The standard InChI is InChI=1S/C21H29N3O2/c1-24-15-22-14-20(24)21-12-17(9-10-25-21)23-13-16-5-4-8-19(11-16)26-18-6-2-3-7-18/h4-5,8,11,14-15,17-18,21,23H,2-3,6-7,9-10,12-13H2,1H3/t17-,21+/m1/s1. The number of aryl methyl sites for hydroxylation is 1. The van der Waals surface area contributed by atoms with Gasteiger partial charge >= 0.3 is 0 Å². The molecule has 0 radical (unpaired) electrons. The third-order valence-electron chi connectivity index (χ3n) is 5.57. The average Bonchev–Trinajstić information content (AvgIpc) is 3.32. The third-order valence-corrected chi connectivity index (χ3v) is 5.57. The van der Waals surface area contributed by atoms with Crippen molar-refractivity contribution >= 4 is 0 Å². The summed E-state index contributed by atoms with van der Waals surface area (Å²) in [7, 11) is 2.03. The van der Waals surface area contributed by atoms with E-state index in [0.29, 0.717) is 12.1 Å². The molecule has 0 amide bonds. The Morgan fingerprint density at radius 2 is 2.15 bits per heavy atom. The molecule has 26 heavy (non-hydrogen) atoms. The van der Waals surface area contributed by atoms with Crippen molar-refractivity contribution in [2.75, 3.05) is 6.61 Å². The van der Waals surface area contributed by atoms with Gasteiger partial charge in [0.15, 0.2) is 0 Å². The van der Waals surface area contributed by atoms with Gasteiger partial charge in [0.1, 0.15) is 11.9 Å². The van der Waals surface area contributed by atoms with Gasteiger partial charge in [-0.15, -0.1) is 0 Å². The van der Waals surface area contributed by atoms with Crippen molar-refractivity contribution in [3.8, 4) is 5.75 Å². The number of imidazole rings is 1. The Morgan fingerprint density at radius 3 is 2.96 bits per heavy atom. The van der Waals surface area contributed by atoms with Crippen LogP contribution in [0.1, 0.15) is 55.9 Å². The van der Waals surface area contributed by atoms with E-state index >= 15 is 0 Å². The molecule has 1 aliphatic heterocycles. The summed E-state index contributed by atoms with van der Waals surface area (Å²) in [6, 6.07) is 9.00. The van der Waals surface area contributed by atoms with Crippen LogP contribution in [0.2, 0.25) is 0 Å². The van der Waals surface area contributed by atoms with Crippen LogP contribution in [0.25, 0.3) is 0 Å². The molecule has 0 bridgehead atoms. The first kappa shape index (κ1) is 17.6. The van der Waals surface area contributed by atoms with Crippen LogP contribution in [0.3, 0.4) is 0 Å². The minimum Gasteiger partial charge on any atom is -0.490 e. The molecule has 5 heteroatoms. The average molecular weight is 355 g/mol. The van der Waals surface area contributed by atoms with Crippen molar-refractivity contribution in [3.05, 3.63) is 48.0 Å². The highest BCUT2D eigenvalue weighted by Gasteiger charge is 2.25. The molecule has 2 atom stereocenters. The van der Waals surface area contributed by atoms with E-state index in [1.54, 1.807) is 0 Å². The van der Waals surface area contributed by atoms with E-state index in [9.17, 15) is 0 Å². The van der Waals surface area contributed by atoms with Crippen LogP contribution < -0.4 is 10.1 Å². The fourth-order valence-corrected chi connectivity index (χ4v) is 4.06. The number of aromatic nitrogens is 2. The van der Waals surface area contributed by atoms with Crippen molar-refractivity contribution < 1.29 is 9.47 Å². The summed E-state index contributed by atoms with van der Waals surface area (Å²) in [4.78, 5) is 4.22. The van der Waals surface area contributed by atoms with E-state index in [4.69, 9.17) is 9.47 Å². The van der Waals surface area contributed by atoms with Crippen molar-refractivity contribution in [2.45, 2.75) is 63.3 Å². The van der Waals surface area contributed by atoms with Crippen LogP contribution in [0, 0.1) is 0 Å². The van der Waals surface area contributed by atoms with Crippen LogP contribution >= 0.6 is 0 Å². The number of hydrogen-bond donors (Lipinski definition) is 1. The molecule has 1 aliphatic carbocycles. The van der Waals surface area contributed by atoms with Gasteiger partial charge in [-0.3, -0.25) is 0 Å². The van der Waals surface area contributed by atoms with Crippen molar-refractivity contribution in [3.63, 3.8) is 0 Å². The van der Waals surface area contributed by atoms with Crippen molar-refractivity contribution in [1.82, 2.24) is 14.9 Å². The van der Waals surface area contributed by atoms with Crippen LogP contribution in [0.5, 0.6) is 5.75 Å². The van der Waals surface area contributed by atoms with E-state index in [1.165, 1.54) is 31.2 Å². The van der Waals surface area contributed by atoms with Crippen LogP contribution in [-0.4, -0.2) is 28.3 Å². The molecule has 1 aromatic carbocycles. The maximum absolute atomic E-state index is 6.13. The summed E-state index contributed by atoms with van der Waals surface area (Å²) in [5, 5.41) is 3.70. The van der Waals surface area contributed by atoms with Gasteiger partial charge in [-0.1, -0.05) is 12.1 Å². The first-order chi connectivity index (χ1) is 12.8. The molecule has 1 saturated carbocycles. The van der Waals surface area contributed by atoms with Gasteiger partial charge in [0.05, 0.1) is 24.3 Å².